The van der Waals surface area contributed by atoms with E-state index in [1.165, 1.54) is 44.9 Å². The summed E-state index contributed by atoms with van der Waals surface area (Å²) in [5, 5.41) is 0. The molecule has 11 heavy (non-hydrogen) atoms. The highest BCUT2D eigenvalue weighted by Gasteiger charge is 2.22. The van der Waals surface area contributed by atoms with Crippen LogP contribution in [0.2, 0.25) is 0 Å². The molecule has 0 aromatic carbocycles. The van der Waals surface area contributed by atoms with Crippen molar-refractivity contribution in [3.63, 3.8) is 0 Å². The van der Waals surface area contributed by atoms with Crippen LogP contribution in [-0.4, -0.2) is 6.04 Å². The average molecular weight is 155 g/mol. The molecule has 0 saturated heterocycles. The molecule has 0 bridgehead atoms. The Morgan fingerprint density at radius 1 is 1.27 bits per heavy atom. The Morgan fingerprint density at radius 2 is 2.09 bits per heavy atom. The van der Waals surface area contributed by atoms with Crippen molar-refractivity contribution in [3.05, 3.63) is 0 Å². The molecule has 1 aliphatic carbocycles. The van der Waals surface area contributed by atoms with Gasteiger partial charge in [0.15, 0.2) is 0 Å². The molecule has 2 unspecified atom stereocenters. The van der Waals surface area contributed by atoms with Crippen molar-refractivity contribution in [1.29, 1.82) is 0 Å². The van der Waals surface area contributed by atoms with E-state index in [0.29, 0.717) is 6.04 Å². The number of hydrogen-bond acceptors (Lipinski definition) is 1. The van der Waals surface area contributed by atoms with Gasteiger partial charge in [-0.2, -0.15) is 0 Å². The van der Waals surface area contributed by atoms with Gasteiger partial charge in [-0.3, -0.25) is 0 Å². The summed E-state index contributed by atoms with van der Waals surface area (Å²) in [7, 11) is 0. The third kappa shape index (κ3) is 2.82. The first kappa shape index (κ1) is 9.05. The van der Waals surface area contributed by atoms with E-state index in [1.807, 2.05) is 0 Å². The van der Waals surface area contributed by atoms with Gasteiger partial charge in [0.2, 0.25) is 0 Å². The van der Waals surface area contributed by atoms with Crippen LogP contribution in [0.25, 0.3) is 0 Å². The van der Waals surface area contributed by atoms with Crippen molar-refractivity contribution >= 4 is 0 Å². The molecule has 2 atom stereocenters. The molecule has 0 aromatic rings. The third-order valence-corrected chi connectivity index (χ3v) is 2.90. The zero-order chi connectivity index (χ0) is 8.10. The van der Waals surface area contributed by atoms with Crippen LogP contribution in [0.3, 0.4) is 0 Å². The lowest BCUT2D eigenvalue weighted by atomic mass is 9.97. The molecular weight excluding hydrogens is 134 g/mol. The molecule has 0 heterocycles. The van der Waals surface area contributed by atoms with E-state index in [4.69, 9.17) is 5.73 Å². The van der Waals surface area contributed by atoms with Gasteiger partial charge in [0.05, 0.1) is 0 Å². The van der Waals surface area contributed by atoms with Gasteiger partial charge in [-0.05, 0) is 25.2 Å². The summed E-state index contributed by atoms with van der Waals surface area (Å²) in [6, 6.07) is 0.534. The molecule has 1 aliphatic rings. The Bertz CT molecular complexity index is 101. The lowest BCUT2D eigenvalue weighted by molar-refractivity contribution is 0.425. The largest absolute Gasteiger partial charge is 0.327 e. The summed E-state index contributed by atoms with van der Waals surface area (Å²) in [6.45, 7) is 2.26. The minimum atomic E-state index is 0.534. The van der Waals surface area contributed by atoms with E-state index in [9.17, 15) is 0 Å². The summed E-state index contributed by atoms with van der Waals surface area (Å²) in [5.74, 6) is 0.863. The Balaban J connectivity index is 2.05. The summed E-state index contributed by atoms with van der Waals surface area (Å²) < 4.78 is 0. The van der Waals surface area contributed by atoms with Crippen LogP contribution >= 0.6 is 0 Å². The second kappa shape index (κ2) is 4.76. The molecule has 1 rings (SSSR count). The van der Waals surface area contributed by atoms with Gasteiger partial charge in [0.25, 0.3) is 0 Å². The summed E-state index contributed by atoms with van der Waals surface area (Å²) >= 11 is 0. The number of nitrogens with two attached hydrogens (primary N) is 1. The Hall–Kier alpha value is -0.0400. The SMILES string of the molecule is CCCCCC1CCCC1N. The molecule has 1 fully saturated rings. The number of rotatable bonds is 4. The maximum Gasteiger partial charge on any atom is 0.00671 e. The van der Waals surface area contributed by atoms with Crippen molar-refractivity contribution in [2.45, 2.75) is 57.9 Å². The normalized spacial score (nSPS) is 31.1. The summed E-state index contributed by atoms with van der Waals surface area (Å²) in [6.07, 6.45) is 9.55. The maximum atomic E-state index is 5.96. The van der Waals surface area contributed by atoms with Crippen LogP contribution in [0.15, 0.2) is 0 Å². The molecule has 1 saturated carbocycles. The molecule has 0 aliphatic heterocycles. The van der Waals surface area contributed by atoms with Gasteiger partial charge in [-0.25, -0.2) is 0 Å². The fourth-order valence-corrected chi connectivity index (χ4v) is 2.08. The van der Waals surface area contributed by atoms with Crippen molar-refractivity contribution < 1.29 is 0 Å². The number of unbranched alkanes of at least 4 members (excludes halogenated alkanes) is 2. The van der Waals surface area contributed by atoms with Gasteiger partial charge >= 0.3 is 0 Å². The van der Waals surface area contributed by atoms with Gasteiger partial charge in [0, 0.05) is 6.04 Å². The van der Waals surface area contributed by atoms with Gasteiger partial charge < -0.3 is 5.73 Å². The fraction of sp³-hybridized carbons (Fsp3) is 1.00. The molecule has 1 nitrogen and oxygen atoms in total. The average Bonchev–Trinajstić information content (AvgIpc) is 2.37. The fourth-order valence-electron chi connectivity index (χ4n) is 2.08. The first-order chi connectivity index (χ1) is 5.34. The van der Waals surface area contributed by atoms with Crippen molar-refractivity contribution in [1.82, 2.24) is 0 Å². The van der Waals surface area contributed by atoms with E-state index in [-0.39, 0.29) is 0 Å². The first-order valence-electron chi connectivity index (χ1n) is 5.10. The molecule has 1 heteroatoms. The second-order valence-corrected chi connectivity index (χ2v) is 3.85. The molecule has 0 amide bonds. The van der Waals surface area contributed by atoms with Crippen LogP contribution in [0.5, 0.6) is 0 Å². The van der Waals surface area contributed by atoms with E-state index in [2.05, 4.69) is 6.92 Å². The van der Waals surface area contributed by atoms with E-state index in [0.717, 1.165) is 5.92 Å². The minimum absolute atomic E-state index is 0.534. The van der Waals surface area contributed by atoms with E-state index < -0.39 is 0 Å². The zero-order valence-electron chi connectivity index (χ0n) is 7.68. The Morgan fingerprint density at radius 3 is 2.64 bits per heavy atom. The molecule has 66 valence electrons. The van der Waals surface area contributed by atoms with Gasteiger partial charge in [-0.15, -0.1) is 0 Å². The van der Waals surface area contributed by atoms with Crippen molar-refractivity contribution in [2.75, 3.05) is 0 Å². The topological polar surface area (TPSA) is 26.0 Å². The highest BCUT2D eigenvalue weighted by Crippen LogP contribution is 2.28. The highest BCUT2D eigenvalue weighted by molar-refractivity contribution is 4.79. The second-order valence-electron chi connectivity index (χ2n) is 3.85. The molecule has 2 N–H and O–H groups in total. The Labute approximate surface area is 70.4 Å². The summed E-state index contributed by atoms with van der Waals surface area (Å²) in [4.78, 5) is 0. The van der Waals surface area contributed by atoms with Gasteiger partial charge in [-0.1, -0.05) is 32.6 Å². The predicted molar refractivity (Wildman–Crippen MR) is 49.5 cm³/mol. The monoisotopic (exact) mass is 155 g/mol. The van der Waals surface area contributed by atoms with Crippen LogP contribution in [0.1, 0.15) is 51.9 Å². The lowest BCUT2D eigenvalue weighted by Gasteiger charge is -2.13. The van der Waals surface area contributed by atoms with Crippen LogP contribution in [0.4, 0.5) is 0 Å². The van der Waals surface area contributed by atoms with Crippen LogP contribution < -0.4 is 5.73 Å². The van der Waals surface area contributed by atoms with Gasteiger partial charge in [0.1, 0.15) is 0 Å². The zero-order valence-corrected chi connectivity index (χ0v) is 7.68. The number of hydrogen-bond donors (Lipinski definition) is 1. The smallest absolute Gasteiger partial charge is 0.00671 e. The minimum Gasteiger partial charge on any atom is -0.327 e. The molecule has 0 spiro atoms. The van der Waals surface area contributed by atoms with E-state index in [1.54, 1.807) is 0 Å². The third-order valence-electron chi connectivity index (χ3n) is 2.90. The first-order valence-corrected chi connectivity index (χ1v) is 5.10. The van der Waals surface area contributed by atoms with E-state index >= 15 is 0 Å². The lowest BCUT2D eigenvalue weighted by Crippen LogP contribution is -2.24. The Kier molecular flexibility index (Phi) is 3.92. The maximum absolute atomic E-state index is 5.96. The van der Waals surface area contributed by atoms with Crippen LogP contribution in [-0.2, 0) is 0 Å². The van der Waals surface area contributed by atoms with Crippen molar-refractivity contribution in [3.8, 4) is 0 Å². The standard InChI is InChI=1S/C10H21N/c1-2-3-4-6-9-7-5-8-10(9)11/h9-10H,2-8,11H2,1H3. The van der Waals surface area contributed by atoms with Crippen molar-refractivity contribution in [2.24, 2.45) is 11.7 Å². The quantitative estimate of drug-likeness (QED) is 0.621. The molecule has 0 radical (unpaired) electrons. The predicted octanol–water partition coefficient (Wildman–Crippen LogP) is 2.69. The van der Waals surface area contributed by atoms with Crippen LogP contribution in [0, 0.1) is 5.92 Å². The highest BCUT2D eigenvalue weighted by atomic mass is 14.7. The summed E-state index contributed by atoms with van der Waals surface area (Å²) in [5.41, 5.74) is 5.96. The molecular formula is C10H21N. The molecule has 0 aromatic heterocycles.